The molecule has 0 saturated carbocycles. The molecule has 0 aliphatic carbocycles. The van der Waals surface area contributed by atoms with E-state index in [0.29, 0.717) is 30.9 Å². The number of hydrogen-bond donors (Lipinski definition) is 1. The summed E-state index contributed by atoms with van der Waals surface area (Å²) >= 11 is 0. The maximum atomic E-state index is 12.6. The molecule has 0 fully saturated rings. The maximum Gasteiger partial charge on any atom is 0.287 e. The Bertz CT molecular complexity index is 947. The highest BCUT2D eigenvalue weighted by Crippen LogP contribution is 2.32. The molecule has 0 atom stereocenters. The predicted octanol–water partition coefficient (Wildman–Crippen LogP) is 3.28. The molecule has 134 valence electrons. The molecule has 0 unspecified atom stereocenters. The second-order valence-corrected chi connectivity index (χ2v) is 6.03. The van der Waals surface area contributed by atoms with Crippen LogP contribution in [-0.4, -0.2) is 26.4 Å². The van der Waals surface area contributed by atoms with Crippen LogP contribution in [0.4, 0.5) is 0 Å². The molecule has 0 radical (unpaired) electrons. The number of carbonyl (C=O) groups excluding carboxylic acids is 1. The molecule has 6 nitrogen and oxygen atoms in total. The Kier molecular flexibility index (Phi) is 4.50. The molecule has 3 aromatic rings. The number of rotatable bonds is 6. The Morgan fingerprint density at radius 1 is 1.15 bits per heavy atom. The first-order chi connectivity index (χ1) is 12.8. The minimum absolute atomic E-state index is 0.242. The van der Waals surface area contributed by atoms with Gasteiger partial charge in [-0.15, -0.1) is 0 Å². The van der Waals surface area contributed by atoms with Gasteiger partial charge in [0.2, 0.25) is 6.79 Å². The van der Waals surface area contributed by atoms with Gasteiger partial charge in [0, 0.05) is 24.6 Å². The fraction of sp³-hybridized carbons (Fsp3) is 0.250. The zero-order chi connectivity index (χ0) is 17.9. The molecular formula is C20H19NO5. The van der Waals surface area contributed by atoms with E-state index in [1.54, 1.807) is 7.11 Å². The standard InChI is InChI=1S/C20H19NO5/c1-23-11-15-14-4-2-3-5-16(14)26-19(15)20(22)21-9-8-13-6-7-17-18(10-13)25-12-24-17/h2-7,10H,8-9,11-12H2,1H3,(H,21,22). The number of fused-ring (bicyclic) bond motifs is 2. The van der Waals surface area contributed by atoms with Crippen LogP contribution in [0.2, 0.25) is 0 Å². The average Bonchev–Trinajstić information content (AvgIpc) is 3.26. The van der Waals surface area contributed by atoms with Crippen molar-refractivity contribution in [2.45, 2.75) is 13.0 Å². The summed E-state index contributed by atoms with van der Waals surface area (Å²) in [5, 5.41) is 3.81. The third kappa shape index (κ3) is 3.11. The van der Waals surface area contributed by atoms with Crippen molar-refractivity contribution >= 4 is 16.9 Å². The molecule has 26 heavy (non-hydrogen) atoms. The Labute approximate surface area is 150 Å². The molecule has 1 aliphatic rings. The van der Waals surface area contributed by atoms with Crippen molar-refractivity contribution in [1.82, 2.24) is 5.32 Å². The van der Waals surface area contributed by atoms with Crippen LogP contribution in [0.5, 0.6) is 11.5 Å². The summed E-state index contributed by atoms with van der Waals surface area (Å²) in [5.41, 5.74) is 2.51. The van der Waals surface area contributed by atoms with E-state index in [9.17, 15) is 4.79 Å². The summed E-state index contributed by atoms with van der Waals surface area (Å²) in [6.07, 6.45) is 0.683. The zero-order valence-corrected chi connectivity index (χ0v) is 14.4. The summed E-state index contributed by atoms with van der Waals surface area (Å²) in [6, 6.07) is 13.4. The van der Waals surface area contributed by atoms with E-state index in [4.69, 9.17) is 18.6 Å². The molecule has 4 rings (SSSR count). The van der Waals surface area contributed by atoms with Gasteiger partial charge in [-0.2, -0.15) is 0 Å². The van der Waals surface area contributed by atoms with E-state index >= 15 is 0 Å². The normalized spacial score (nSPS) is 12.5. The van der Waals surface area contributed by atoms with Crippen molar-refractivity contribution in [1.29, 1.82) is 0 Å². The lowest BCUT2D eigenvalue weighted by Crippen LogP contribution is -2.26. The molecule has 1 aliphatic heterocycles. The Morgan fingerprint density at radius 3 is 2.88 bits per heavy atom. The van der Waals surface area contributed by atoms with E-state index in [1.165, 1.54) is 0 Å². The number of ether oxygens (including phenoxy) is 3. The first-order valence-corrected chi connectivity index (χ1v) is 8.42. The van der Waals surface area contributed by atoms with Crippen molar-refractivity contribution < 1.29 is 23.4 Å². The number of benzene rings is 2. The lowest BCUT2D eigenvalue weighted by molar-refractivity contribution is 0.0922. The van der Waals surface area contributed by atoms with Crippen molar-refractivity contribution in [3.05, 3.63) is 59.4 Å². The number of hydrogen-bond acceptors (Lipinski definition) is 5. The molecule has 0 bridgehead atoms. The number of methoxy groups -OCH3 is 1. The van der Waals surface area contributed by atoms with Gasteiger partial charge in [0.25, 0.3) is 5.91 Å². The second-order valence-electron chi connectivity index (χ2n) is 6.03. The molecular weight excluding hydrogens is 334 g/mol. The van der Waals surface area contributed by atoms with Crippen LogP contribution in [0.1, 0.15) is 21.7 Å². The Morgan fingerprint density at radius 2 is 2.00 bits per heavy atom. The number of nitrogens with one attached hydrogen (secondary N) is 1. The second kappa shape index (κ2) is 7.09. The van der Waals surface area contributed by atoms with Crippen molar-refractivity contribution in [2.24, 2.45) is 0 Å². The zero-order valence-electron chi connectivity index (χ0n) is 14.4. The predicted molar refractivity (Wildman–Crippen MR) is 95.5 cm³/mol. The van der Waals surface area contributed by atoms with E-state index in [1.807, 2.05) is 42.5 Å². The summed E-state index contributed by atoms with van der Waals surface area (Å²) in [7, 11) is 1.60. The third-order valence-electron chi connectivity index (χ3n) is 4.33. The van der Waals surface area contributed by atoms with E-state index in [2.05, 4.69) is 5.32 Å². The quantitative estimate of drug-likeness (QED) is 0.736. The van der Waals surface area contributed by atoms with Crippen molar-refractivity contribution in [3.8, 4) is 11.5 Å². The summed E-state index contributed by atoms with van der Waals surface area (Å²) in [5.74, 6) is 1.56. The fourth-order valence-corrected chi connectivity index (χ4v) is 3.07. The molecule has 1 N–H and O–H groups in total. The minimum Gasteiger partial charge on any atom is -0.454 e. The van der Waals surface area contributed by atoms with Crippen LogP contribution < -0.4 is 14.8 Å². The highest BCUT2D eigenvalue weighted by Gasteiger charge is 2.20. The Balaban J connectivity index is 1.45. The number of carbonyl (C=O) groups is 1. The largest absolute Gasteiger partial charge is 0.454 e. The van der Waals surface area contributed by atoms with Crippen LogP contribution in [0.3, 0.4) is 0 Å². The van der Waals surface area contributed by atoms with E-state index < -0.39 is 0 Å². The van der Waals surface area contributed by atoms with Gasteiger partial charge in [0.1, 0.15) is 5.58 Å². The van der Waals surface area contributed by atoms with Crippen LogP contribution in [-0.2, 0) is 17.8 Å². The lowest BCUT2D eigenvalue weighted by atomic mass is 10.1. The van der Waals surface area contributed by atoms with Crippen molar-refractivity contribution in [3.63, 3.8) is 0 Å². The van der Waals surface area contributed by atoms with Gasteiger partial charge in [-0.25, -0.2) is 0 Å². The molecule has 2 heterocycles. The summed E-state index contributed by atoms with van der Waals surface area (Å²) in [4.78, 5) is 12.6. The highest BCUT2D eigenvalue weighted by atomic mass is 16.7. The van der Waals surface area contributed by atoms with Crippen LogP contribution in [0, 0.1) is 0 Å². The first-order valence-electron chi connectivity index (χ1n) is 8.42. The number of amides is 1. The van der Waals surface area contributed by atoms with Gasteiger partial charge in [-0.1, -0.05) is 24.3 Å². The topological polar surface area (TPSA) is 69.9 Å². The fourth-order valence-electron chi connectivity index (χ4n) is 3.07. The van der Waals surface area contributed by atoms with E-state index in [0.717, 1.165) is 28.0 Å². The van der Waals surface area contributed by atoms with Crippen molar-refractivity contribution in [2.75, 3.05) is 20.4 Å². The summed E-state index contributed by atoms with van der Waals surface area (Å²) in [6.45, 7) is 1.06. The molecule has 2 aromatic carbocycles. The van der Waals surface area contributed by atoms with Gasteiger partial charge in [0.05, 0.1) is 6.61 Å². The van der Waals surface area contributed by atoms with Crippen LogP contribution >= 0.6 is 0 Å². The lowest BCUT2D eigenvalue weighted by Gasteiger charge is -2.06. The van der Waals surface area contributed by atoms with Gasteiger partial charge in [0.15, 0.2) is 17.3 Å². The monoisotopic (exact) mass is 353 g/mol. The number of para-hydroxylation sites is 1. The highest BCUT2D eigenvalue weighted by molar-refractivity contribution is 5.99. The smallest absolute Gasteiger partial charge is 0.287 e. The molecule has 0 saturated heterocycles. The number of furan rings is 1. The van der Waals surface area contributed by atoms with Gasteiger partial charge >= 0.3 is 0 Å². The maximum absolute atomic E-state index is 12.6. The van der Waals surface area contributed by atoms with Crippen LogP contribution in [0.25, 0.3) is 11.0 Å². The van der Waals surface area contributed by atoms with Crippen LogP contribution in [0.15, 0.2) is 46.9 Å². The average molecular weight is 353 g/mol. The molecule has 1 amide bonds. The Hall–Kier alpha value is -2.99. The minimum atomic E-state index is -0.242. The van der Waals surface area contributed by atoms with Gasteiger partial charge in [-0.05, 0) is 30.2 Å². The molecule has 0 spiro atoms. The van der Waals surface area contributed by atoms with Gasteiger partial charge in [-0.3, -0.25) is 4.79 Å². The molecule has 6 heteroatoms. The first kappa shape index (κ1) is 16.5. The van der Waals surface area contributed by atoms with Gasteiger partial charge < -0.3 is 23.9 Å². The summed E-state index contributed by atoms with van der Waals surface area (Å²) < 4.78 is 21.7. The molecule has 1 aromatic heterocycles. The van der Waals surface area contributed by atoms with E-state index in [-0.39, 0.29) is 12.7 Å². The SMILES string of the molecule is COCc1c(C(=O)NCCc2ccc3c(c2)OCO3)oc2ccccc12. The third-order valence-corrected chi connectivity index (χ3v) is 4.33.